The maximum absolute atomic E-state index is 13.2. The summed E-state index contributed by atoms with van der Waals surface area (Å²) in [5, 5.41) is 14.3. The van der Waals surface area contributed by atoms with Gasteiger partial charge >= 0.3 is 0 Å². The zero-order valence-corrected chi connectivity index (χ0v) is 10.7. The van der Waals surface area contributed by atoms with E-state index in [1.54, 1.807) is 16.9 Å². The predicted molar refractivity (Wildman–Crippen MR) is 67.9 cm³/mol. The van der Waals surface area contributed by atoms with Gasteiger partial charge in [0.15, 0.2) is 0 Å². The first-order chi connectivity index (χ1) is 8.56. The first kappa shape index (κ1) is 13.1. The van der Waals surface area contributed by atoms with E-state index in [2.05, 4.69) is 5.10 Å². The largest absolute Gasteiger partial charge is 0.388 e. The third-order valence-electron chi connectivity index (χ3n) is 2.87. The second-order valence-corrected chi connectivity index (χ2v) is 4.64. The second kappa shape index (κ2) is 5.50. The van der Waals surface area contributed by atoms with Crippen molar-refractivity contribution in [1.82, 2.24) is 9.78 Å². The summed E-state index contributed by atoms with van der Waals surface area (Å²) in [7, 11) is 1.85. The molecule has 0 bridgehead atoms. The Hall–Kier alpha value is -1.39. The highest BCUT2D eigenvalue weighted by molar-refractivity contribution is 6.30. The van der Waals surface area contributed by atoms with Crippen molar-refractivity contribution >= 4 is 11.6 Å². The maximum atomic E-state index is 13.2. The Morgan fingerprint density at radius 1 is 1.44 bits per heavy atom. The molecule has 1 aromatic carbocycles. The van der Waals surface area contributed by atoms with E-state index in [1.165, 1.54) is 12.1 Å². The van der Waals surface area contributed by atoms with Crippen molar-refractivity contribution in [1.29, 1.82) is 0 Å². The van der Waals surface area contributed by atoms with Crippen LogP contribution in [0.15, 0.2) is 30.5 Å². The number of benzene rings is 1. The minimum atomic E-state index is -0.729. The van der Waals surface area contributed by atoms with Gasteiger partial charge in [0.25, 0.3) is 0 Å². The Kier molecular flexibility index (Phi) is 3.99. The number of rotatable bonds is 4. The highest BCUT2D eigenvalue weighted by Gasteiger charge is 2.11. The van der Waals surface area contributed by atoms with Gasteiger partial charge in [-0.15, -0.1) is 0 Å². The van der Waals surface area contributed by atoms with Gasteiger partial charge in [0.1, 0.15) is 5.82 Å². The first-order valence-corrected chi connectivity index (χ1v) is 6.05. The van der Waals surface area contributed by atoms with E-state index in [4.69, 9.17) is 11.6 Å². The molecule has 0 saturated heterocycles. The molecular weight excluding hydrogens is 255 g/mol. The lowest BCUT2D eigenvalue weighted by atomic mass is 10.0. The van der Waals surface area contributed by atoms with Crippen LogP contribution in [-0.2, 0) is 13.5 Å². The lowest BCUT2D eigenvalue weighted by Gasteiger charge is -2.11. The van der Waals surface area contributed by atoms with Crippen LogP contribution < -0.4 is 0 Å². The van der Waals surface area contributed by atoms with Gasteiger partial charge in [-0.05, 0) is 42.7 Å². The van der Waals surface area contributed by atoms with Crippen LogP contribution in [0.4, 0.5) is 4.39 Å². The smallest absolute Gasteiger partial charge is 0.125 e. The predicted octanol–water partition coefficient (Wildman–Crippen LogP) is 2.88. The molecule has 5 heteroatoms. The summed E-state index contributed by atoms with van der Waals surface area (Å²) in [6, 6.07) is 6.00. The average molecular weight is 269 g/mol. The highest BCUT2D eigenvalue weighted by Crippen LogP contribution is 2.23. The van der Waals surface area contributed by atoms with Crippen LogP contribution >= 0.6 is 11.6 Å². The van der Waals surface area contributed by atoms with Crippen LogP contribution in [0, 0.1) is 5.82 Å². The zero-order valence-electron chi connectivity index (χ0n) is 9.98. The summed E-state index contributed by atoms with van der Waals surface area (Å²) < 4.78 is 14.9. The Morgan fingerprint density at radius 2 is 2.22 bits per heavy atom. The van der Waals surface area contributed by atoms with Crippen LogP contribution in [0.2, 0.25) is 5.02 Å². The topological polar surface area (TPSA) is 38.0 Å². The number of aliphatic hydroxyl groups excluding tert-OH is 1. The summed E-state index contributed by atoms with van der Waals surface area (Å²) in [5.74, 6) is -0.433. The second-order valence-electron chi connectivity index (χ2n) is 4.20. The molecule has 3 nitrogen and oxygen atoms in total. The average Bonchev–Trinajstić information content (AvgIpc) is 2.70. The fraction of sp³-hybridized carbons (Fsp3) is 0.308. The van der Waals surface area contributed by atoms with Gasteiger partial charge in [-0.25, -0.2) is 4.39 Å². The quantitative estimate of drug-likeness (QED) is 0.926. The van der Waals surface area contributed by atoms with Crippen molar-refractivity contribution in [2.45, 2.75) is 18.9 Å². The van der Waals surface area contributed by atoms with E-state index >= 15 is 0 Å². The van der Waals surface area contributed by atoms with Gasteiger partial charge in [-0.3, -0.25) is 4.68 Å². The number of aliphatic hydroxyl groups is 1. The zero-order chi connectivity index (χ0) is 13.1. The highest BCUT2D eigenvalue weighted by atomic mass is 35.5. The number of halogens is 2. The lowest BCUT2D eigenvalue weighted by Crippen LogP contribution is -2.04. The first-order valence-electron chi connectivity index (χ1n) is 5.67. The Bertz CT molecular complexity index is 521. The molecule has 96 valence electrons. The van der Waals surface area contributed by atoms with Crippen LogP contribution in [0.1, 0.15) is 23.8 Å². The fourth-order valence-electron chi connectivity index (χ4n) is 1.87. The molecule has 18 heavy (non-hydrogen) atoms. The fourth-order valence-corrected chi connectivity index (χ4v) is 2.10. The van der Waals surface area contributed by atoms with Gasteiger partial charge < -0.3 is 5.11 Å². The summed E-state index contributed by atoms with van der Waals surface area (Å²) in [6.07, 6.45) is 2.15. The van der Waals surface area contributed by atoms with Gasteiger partial charge in [0, 0.05) is 24.0 Å². The molecule has 1 atom stereocenters. The van der Waals surface area contributed by atoms with E-state index in [-0.39, 0.29) is 0 Å². The minimum Gasteiger partial charge on any atom is -0.388 e. The maximum Gasteiger partial charge on any atom is 0.125 e. The normalized spacial score (nSPS) is 12.7. The molecule has 1 unspecified atom stereocenters. The molecule has 2 rings (SSSR count). The van der Waals surface area contributed by atoms with Crippen molar-refractivity contribution < 1.29 is 9.50 Å². The SMILES string of the molecule is Cn1nccc1CCC(O)c1cc(F)cc(Cl)c1. The van der Waals surface area contributed by atoms with Crippen LogP contribution in [0.25, 0.3) is 0 Å². The molecule has 1 heterocycles. The van der Waals surface area contributed by atoms with E-state index in [0.29, 0.717) is 23.4 Å². The standard InChI is InChI=1S/C13H14ClFN2O/c1-17-12(4-5-16-17)2-3-13(18)9-6-10(14)8-11(15)7-9/h4-8,13,18H,2-3H2,1H3. The van der Waals surface area contributed by atoms with E-state index in [1.807, 2.05) is 13.1 Å². The van der Waals surface area contributed by atoms with Crippen molar-refractivity contribution in [3.63, 3.8) is 0 Å². The molecule has 0 radical (unpaired) electrons. The number of aromatic nitrogens is 2. The molecule has 2 aromatic rings. The van der Waals surface area contributed by atoms with Gasteiger partial charge in [0.2, 0.25) is 0 Å². The Balaban J connectivity index is 2.03. The molecule has 0 fully saturated rings. The third-order valence-corrected chi connectivity index (χ3v) is 3.08. The summed E-state index contributed by atoms with van der Waals surface area (Å²) in [4.78, 5) is 0. The van der Waals surface area contributed by atoms with Crippen molar-refractivity contribution in [2.24, 2.45) is 7.05 Å². The number of nitrogens with zero attached hydrogens (tertiary/aromatic N) is 2. The molecule has 1 aromatic heterocycles. The van der Waals surface area contributed by atoms with Gasteiger partial charge in [0.05, 0.1) is 6.10 Å². The van der Waals surface area contributed by atoms with Crippen molar-refractivity contribution in [3.8, 4) is 0 Å². The molecule has 0 spiro atoms. The number of hydrogen-bond donors (Lipinski definition) is 1. The Labute approximate surface area is 110 Å². The molecule has 0 aliphatic carbocycles. The third kappa shape index (κ3) is 3.09. The summed E-state index contributed by atoms with van der Waals surface area (Å²) in [6.45, 7) is 0. The molecule has 0 amide bonds. The molecular formula is C13H14ClFN2O. The van der Waals surface area contributed by atoms with Crippen molar-refractivity contribution in [3.05, 3.63) is 52.6 Å². The number of aryl methyl sites for hydroxylation is 2. The van der Waals surface area contributed by atoms with Gasteiger partial charge in [-0.2, -0.15) is 5.10 Å². The van der Waals surface area contributed by atoms with E-state index < -0.39 is 11.9 Å². The molecule has 0 aliphatic rings. The monoisotopic (exact) mass is 268 g/mol. The van der Waals surface area contributed by atoms with Crippen LogP contribution in [-0.4, -0.2) is 14.9 Å². The van der Waals surface area contributed by atoms with Crippen LogP contribution in [0.5, 0.6) is 0 Å². The Morgan fingerprint density at radius 3 is 2.83 bits per heavy atom. The van der Waals surface area contributed by atoms with Gasteiger partial charge in [-0.1, -0.05) is 11.6 Å². The summed E-state index contributed by atoms with van der Waals surface area (Å²) in [5.41, 5.74) is 1.53. The molecule has 1 N–H and O–H groups in total. The minimum absolute atomic E-state index is 0.296. The van der Waals surface area contributed by atoms with E-state index in [0.717, 1.165) is 5.69 Å². The van der Waals surface area contributed by atoms with Crippen molar-refractivity contribution in [2.75, 3.05) is 0 Å². The molecule has 0 aliphatic heterocycles. The lowest BCUT2D eigenvalue weighted by molar-refractivity contribution is 0.166. The van der Waals surface area contributed by atoms with Crippen LogP contribution in [0.3, 0.4) is 0 Å². The van der Waals surface area contributed by atoms with E-state index in [9.17, 15) is 9.50 Å². The number of hydrogen-bond acceptors (Lipinski definition) is 2. The molecule has 0 saturated carbocycles. The summed E-state index contributed by atoms with van der Waals surface area (Å²) >= 11 is 5.75.